The highest BCUT2D eigenvalue weighted by Crippen LogP contribution is 2.34. The third kappa shape index (κ3) is 3.70. The third-order valence-corrected chi connectivity index (χ3v) is 4.33. The summed E-state index contributed by atoms with van der Waals surface area (Å²) in [5.74, 6) is 0.603. The molecule has 0 saturated carbocycles. The smallest absolute Gasteiger partial charge is 0.293 e. The molecule has 1 N–H and O–H groups in total. The van der Waals surface area contributed by atoms with Crippen molar-refractivity contribution in [2.24, 2.45) is 0 Å². The van der Waals surface area contributed by atoms with Crippen LogP contribution in [0.1, 0.15) is 10.6 Å². The summed E-state index contributed by atoms with van der Waals surface area (Å²) in [5, 5.41) is 20.5. The molecule has 0 unspecified atom stereocenters. The summed E-state index contributed by atoms with van der Waals surface area (Å²) in [6.45, 7) is 3.56. The first-order valence-electron chi connectivity index (χ1n) is 8.04. The van der Waals surface area contributed by atoms with E-state index in [1.54, 1.807) is 18.2 Å². The normalized spacial score (nSPS) is 15.3. The van der Waals surface area contributed by atoms with E-state index < -0.39 is 4.92 Å². The van der Waals surface area contributed by atoms with Gasteiger partial charge in [0.1, 0.15) is 11.4 Å². The number of hydrogen-bond acceptors (Lipinski definition) is 7. The summed E-state index contributed by atoms with van der Waals surface area (Å²) in [4.78, 5) is 26.0. The number of aliphatic hydroxyl groups excluding tert-OH is 1. The number of nitro benzene ring substituents is 1. The average molecular weight is 345 g/mol. The molecule has 132 valence electrons. The Kier molecular flexibility index (Phi) is 5.11. The zero-order chi connectivity index (χ0) is 17.8. The molecule has 0 bridgehead atoms. The van der Waals surface area contributed by atoms with Crippen molar-refractivity contribution in [1.82, 2.24) is 4.90 Å². The maximum Gasteiger partial charge on any atom is 0.293 e. The van der Waals surface area contributed by atoms with Gasteiger partial charge in [-0.05, 0) is 24.3 Å². The molecule has 1 aliphatic heterocycles. The highest BCUT2D eigenvalue weighted by Gasteiger charge is 2.24. The molecule has 1 fully saturated rings. The highest BCUT2D eigenvalue weighted by atomic mass is 16.6. The van der Waals surface area contributed by atoms with Gasteiger partial charge < -0.3 is 14.4 Å². The van der Waals surface area contributed by atoms with Crippen LogP contribution >= 0.6 is 0 Å². The number of furan rings is 1. The van der Waals surface area contributed by atoms with Crippen molar-refractivity contribution in [3.05, 3.63) is 46.2 Å². The Labute approximate surface area is 144 Å². The van der Waals surface area contributed by atoms with E-state index in [4.69, 9.17) is 9.52 Å². The standard InChI is InChI=1S/C17H19N3O5/c21-10-9-18-5-7-19(8-6-18)15-3-1-13(11-16(15)20(23)24)17-4-2-14(12-22)25-17/h1-4,11-12,21H,5-10H2. The first-order valence-corrected chi connectivity index (χ1v) is 8.04. The summed E-state index contributed by atoms with van der Waals surface area (Å²) >= 11 is 0. The van der Waals surface area contributed by atoms with Gasteiger partial charge in [0.2, 0.25) is 0 Å². The molecule has 1 aliphatic rings. The van der Waals surface area contributed by atoms with E-state index in [1.165, 1.54) is 12.1 Å². The van der Waals surface area contributed by atoms with Gasteiger partial charge in [0, 0.05) is 44.4 Å². The van der Waals surface area contributed by atoms with Gasteiger partial charge in [-0.1, -0.05) is 0 Å². The van der Waals surface area contributed by atoms with Crippen molar-refractivity contribution in [3.63, 3.8) is 0 Å². The van der Waals surface area contributed by atoms with Crippen LogP contribution in [-0.4, -0.2) is 60.5 Å². The van der Waals surface area contributed by atoms with Crippen molar-refractivity contribution in [3.8, 4) is 11.3 Å². The first-order chi connectivity index (χ1) is 12.1. The molecule has 3 rings (SSSR count). The van der Waals surface area contributed by atoms with Crippen LogP contribution in [0.5, 0.6) is 0 Å². The number of β-amino-alcohol motifs (C(OH)–C–C–N with tert-alkyl or cyclic N) is 1. The van der Waals surface area contributed by atoms with E-state index in [1.807, 2.05) is 4.90 Å². The van der Waals surface area contributed by atoms with Gasteiger partial charge in [-0.3, -0.25) is 19.8 Å². The lowest BCUT2D eigenvalue weighted by molar-refractivity contribution is -0.384. The van der Waals surface area contributed by atoms with Crippen LogP contribution in [0, 0.1) is 10.1 Å². The summed E-state index contributed by atoms with van der Waals surface area (Å²) in [6, 6.07) is 8.11. The Morgan fingerprint density at radius 3 is 2.56 bits per heavy atom. The monoisotopic (exact) mass is 345 g/mol. The maximum absolute atomic E-state index is 11.5. The van der Waals surface area contributed by atoms with Gasteiger partial charge in [0.15, 0.2) is 12.0 Å². The summed E-state index contributed by atoms with van der Waals surface area (Å²) in [6.07, 6.45) is 0.595. The van der Waals surface area contributed by atoms with Crippen LogP contribution in [0.15, 0.2) is 34.7 Å². The van der Waals surface area contributed by atoms with E-state index in [0.29, 0.717) is 42.9 Å². The van der Waals surface area contributed by atoms with Gasteiger partial charge in [-0.25, -0.2) is 0 Å². The minimum absolute atomic E-state index is 0.0113. The lowest BCUT2D eigenvalue weighted by Crippen LogP contribution is -2.47. The van der Waals surface area contributed by atoms with Gasteiger partial charge in [0.05, 0.1) is 11.5 Å². The van der Waals surface area contributed by atoms with Crippen LogP contribution in [0.2, 0.25) is 0 Å². The molecule has 2 heterocycles. The zero-order valence-corrected chi connectivity index (χ0v) is 13.6. The van der Waals surface area contributed by atoms with Crippen LogP contribution in [0.3, 0.4) is 0 Å². The van der Waals surface area contributed by atoms with E-state index in [0.717, 1.165) is 13.1 Å². The SMILES string of the molecule is O=Cc1ccc(-c2ccc(N3CCN(CCO)CC3)c([N+](=O)[O-])c2)o1. The minimum Gasteiger partial charge on any atom is -0.453 e. The van der Waals surface area contributed by atoms with E-state index in [9.17, 15) is 14.9 Å². The number of nitrogens with zero attached hydrogens (tertiary/aromatic N) is 3. The maximum atomic E-state index is 11.5. The molecule has 2 aromatic rings. The fourth-order valence-corrected chi connectivity index (χ4v) is 3.02. The molecule has 0 aliphatic carbocycles. The number of benzene rings is 1. The second kappa shape index (κ2) is 7.45. The Hall–Kier alpha value is -2.71. The topological polar surface area (TPSA) is 100 Å². The lowest BCUT2D eigenvalue weighted by Gasteiger charge is -2.35. The van der Waals surface area contributed by atoms with Gasteiger partial charge in [0.25, 0.3) is 5.69 Å². The summed E-state index contributed by atoms with van der Waals surface area (Å²) < 4.78 is 5.35. The van der Waals surface area contributed by atoms with E-state index in [-0.39, 0.29) is 18.1 Å². The fourth-order valence-electron chi connectivity index (χ4n) is 3.02. The zero-order valence-electron chi connectivity index (χ0n) is 13.6. The number of carbonyl (C=O) groups excluding carboxylic acids is 1. The molecule has 0 amide bonds. The highest BCUT2D eigenvalue weighted by molar-refractivity contribution is 5.75. The molecule has 0 spiro atoms. The Bertz CT molecular complexity index is 765. The molecule has 8 nitrogen and oxygen atoms in total. The van der Waals surface area contributed by atoms with Gasteiger partial charge >= 0.3 is 0 Å². The van der Waals surface area contributed by atoms with Crippen LogP contribution in [0.4, 0.5) is 11.4 Å². The second-order valence-corrected chi connectivity index (χ2v) is 5.83. The van der Waals surface area contributed by atoms with Crippen LogP contribution < -0.4 is 4.90 Å². The van der Waals surface area contributed by atoms with E-state index >= 15 is 0 Å². The van der Waals surface area contributed by atoms with E-state index in [2.05, 4.69) is 4.90 Å². The molecule has 0 radical (unpaired) electrons. The molecule has 0 atom stereocenters. The van der Waals surface area contributed by atoms with Crippen molar-refractivity contribution in [2.75, 3.05) is 44.2 Å². The molecule has 1 aromatic carbocycles. The second-order valence-electron chi connectivity index (χ2n) is 5.83. The largest absolute Gasteiger partial charge is 0.453 e. The number of anilines is 1. The predicted molar refractivity (Wildman–Crippen MR) is 91.9 cm³/mol. The Morgan fingerprint density at radius 1 is 1.20 bits per heavy atom. The molecular formula is C17H19N3O5. The average Bonchev–Trinajstić information content (AvgIpc) is 3.11. The molecule has 1 saturated heterocycles. The predicted octanol–water partition coefficient (Wildman–Crippen LogP) is 1.78. The molecule has 8 heteroatoms. The first kappa shape index (κ1) is 17.1. The number of aliphatic hydroxyl groups is 1. The molecule has 25 heavy (non-hydrogen) atoms. The molecular weight excluding hydrogens is 326 g/mol. The Morgan fingerprint density at radius 2 is 1.96 bits per heavy atom. The van der Waals surface area contributed by atoms with Crippen LogP contribution in [-0.2, 0) is 0 Å². The minimum atomic E-state index is -0.400. The van der Waals surface area contributed by atoms with Crippen molar-refractivity contribution >= 4 is 17.7 Å². The fraction of sp³-hybridized carbons (Fsp3) is 0.353. The number of rotatable bonds is 6. The number of piperazine rings is 1. The molecule has 1 aromatic heterocycles. The van der Waals surface area contributed by atoms with Crippen LogP contribution in [0.25, 0.3) is 11.3 Å². The number of aldehydes is 1. The van der Waals surface area contributed by atoms with Crippen molar-refractivity contribution in [2.45, 2.75) is 0 Å². The number of hydrogen-bond donors (Lipinski definition) is 1. The Balaban J connectivity index is 1.85. The summed E-state index contributed by atoms with van der Waals surface area (Å²) in [7, 11) is 0. The lowest BCUT2D eigenvalue weighted by atomic mass is 10.1. The third-order valence-electron chi connectivity index (χ3n) is 4.33. The van der Waals surface area contributed by atoms with Gasteiger partial charge in [-0.2, -0.15) is 0 Å². The summed E-state index contributed by atoms with van der Waals surface area (Å²) in [5.41, 5.74) is 1.14. The number of carbonyl (C=O) groups is 1. The van der Waals surface area contributed by atoms with Crippen molar-refractivity contribution in [1.29, 1.82) is 0 Å². The van der Waals surface area contributed by atoms with Gasteiger partial charge in [-0.15, -0.1) is 0 Å². The quantitative estimate of drug-likeness (QED) is 0.484. The number of nitro groups is 1. The van der Waals surface area contributed by atoms with Crippen molar-refractivity contribution < 1.29 is 19.2 Å².